The number of carbonyl (C=O) groups excluding carboxylic acids is 1. The van der Waals surface area contributed by atoms with E-state index in [1.165, 1.54) is 28.6 Å². The lowest BCUT2D eigenvalue weighted by Crippen LogP contribution is -2.42. The van der Waals surface area contributed by atoms with Gasteiger partial charge in [-0.3, -0.25) is 0 Å². The molecule has 230 valence electrons. The van der Waals surface area contributed by atoms with E-state index >= 15 is 0 Å². The van der Waals surface area contributed by atoms with E-state index in [9.17, 15) is 23.1 Å². The van der Waals surface area contributed by atoms with Crippen molar-refractivity contribution < 1.29 is 27.9 Å². The Kier molecular flexibility index (Phi) is 8.81. The van der Waals surface area contributed by atoms with Crippen molar-refractivity contribution in [3.8, 4) is 0 Å². The number of hydrogen-bond acceptors (Lipinski definition) is 5. The highest BCUT2D eigenvalue weighted by Crippen LogP contribution is 2.38. The van der Waals surface area contributed by atoms with E-state index in [0.29, 0.717) is 0 Å². The first-order valence-electron chi connectivity index (χ1n) is 14.7. The van der Waals surface area contributed by atoms with Gasteiger partial charge >= 0.3 is 12.1 Å². The van der Waals surface area contributed by atoms with Gasteiger partial charge in [-0.05, 0) is 79.8 Å². The SMILES string of the molecule is C[C@H](c1cccc2ccccc12)N(C[C@@H]1CN(S(=O)(=O)c2ccc(C(=O)O)cc2)C[C@@H]1c1ccccc1)C(=O)OC(C)(C)C. The van der Waals surface area contributed by atoms with Gasteiger partial charge in [0.05, 0.1) is 16.5 Å². The second-order valence-corrected chi connectivity index (χ2v) is 14.2. The molecule has 44 heavy (non-hydrogen) atoms. The lowest BCUT2D eigenvalue weighted by atomic mass is 9.88. The van der Waals surface area contributed by atoms with Crippen LogP contribution in [0.1, 0.15) is 61.1 Å². The molecule has 1 heterocycles. The number of carboxylic acid groups (broad SMARTS) is 1. The highest BCUT2D eigenvalue weighted by atomic mass is 32.2. The number of amides is 1. The summed E-state index contributed by atoms with van der Waals surface area (Å²) in [4.78, 5) is 26.9. The van der Waals surface area contributed by atoms with Crippen molar-refractivity contribution in [3.05, 3.63) is 114 Å². The van der Waals surface area contributed by atoms with Gasteiger partial charge in [-0.25, -0.2) is 18.0 Å². The predicted octanol–water partition coefficient (Wildman–Crippen LogP) is 6.94. The van der Waals surface area contributed by atoms with Gasteiger partial charge in [0.2, 0.25) is 10.0 Å². The molecule has 0 saturated carbocycles. The van der Waals surface area contributed by atoms with Gasteiger partial charge in [-0.1, -0.05) is 72.8 Å². The molecule has 1 fully saturated rings. The molecular weight excluding hydrogens is 576 g/mol. The van der Waals surface area contributed by atoms with Gasteiger partial charge in [0.15, 0.2) is 0 Å². The normalized spacial score (nSPS) is 18.2. The van der Waals surface area contributed by atoms with Crippen LogP contribution < -0.4 is 0 Å². The van der Waals surface area contributed by atoms with E-state index in [4.69, 9.17) is 4.74 Å². The molecule has 3 atom stereocenters. The number of aromatic carboxylic acids is 1. The number of hydrogen-bond donors (Lipinski definition) is 1. The van der Waals surface area contributed by atoms with E-state index in [1.54, 1.807) is 4.90 Å². The van der Waals surface area contributed by atoms with Crippen LogP contribution in [-0.4, -0.2) is 60.0 Å². The summed E-state index contributed by atoms with van der Waals surface area (Å²) in [6.45, 7) is 8.15. The summed E-state index contributed by atoms with van der Waals surface area (Å²) in [6.07, 6.45) is -0.463. The summed E-state index contributed by atoms with van der Waals surface area (Å²) in [5.41, 5.74) is 1.25. The lowest BCUT2D eigenvalue weighted by molar-refractivity contribution is 0.0138. The Hall–Kier alpha value is -4.21. The summed E-state index contributed by atoms with van der Waals surface area (Å²) < 4.78 is 35.0. The average Bonchev–Trinajstić information content (AvgIpc) is 3.44. The molecule has 0 spiro atoms. The van der Waals surface area contributed by atoms with Gasteiger partial charge in [0, 0.05) is 25.6 Å². The van der Waals surface area contributed by atoms with Crippen molar-refractivity contribution in [2.24, 2.45) is 5.92 Å². The van der Waals surface area contributed by atoms with Crippen LogP contribution in [0.5, 0.6) is 0 Å². The first-order chi connectivity index (χ1) is 20.8. The summed E-state index contributed by atoms with van der Waals surface area (Å²) >= 11 is 0. The Morgan fingerprint density at radius 3 is 2.20 bits per heavy atom. The summed E-state index contributed by atoms with van der Waals surface area (Å²) in [7, 11) is -3.94. The first kappa shape index (κ1) is 31.2. The fourth-order valence-corrected chi connectivity index (χ4v) is 7.48. The minimum Gasteiger partial charge on any atom is -0.478 e. The van der Waals surface area contributed by atoms with E-state index in [0.717, 1.165) is 21.9 Å². The number of benzene rings is 4. The third kappa shape index (κ3) is 6.64. The molecule has 1 aliphatic rings. The summed E-state index contributed by atoms with van der Waals surface area (Å²) in [5.74, 6) is -1.55. The largest absolute Gasteiger partial charge is 0.478 e. The van der Waals surface area contributed by atoms with Crippen LogP contribution in [0.4, 0.5) is 4.79 Å². The van der Waals surface area contributed by atoms with Crippen LogP contribution in [0.2, 0.25) is 0 Å². The van der Waals surface area contributed by atoms with Gasteiger partial charge in [-0.15, -0.1) is 0 Å². The van der Waals surface area contributed by atoms with E-state index < -0.39 is 27.7 Å². The molecule has 5 rings (SSSR count). The summed E-state index contributed by atoms with van der Waals surface area (Å²) in [6, 6.07) is 28.7. The molecule has 1 aliphatic heterocycles. The maximum absolute atomic E-state index is 13.9. The number of carboxylic acids is 1. The molecule has 4 aromatic carbocycles. The van der Waals surface area contributed by atoms with Gasteiger partial charge in [0.25, 0.3) is 0 Å². The number of ether oxygens (including phenoxy) is 1. The van der Waals surface area contributed by atoms with Crippen molar-refractivity contribution in [2.45, 2.75) is 50.2 Å². The maximum atomic E-state index is 13.9. The quantitative estimate of drug-likeness (QED) is 0.231. The van der Waals surface area contributed by atoms with Crippen LogP contribution in [-0.2, 0) is 14.8 Å². The third-order valence-electron chi connectivity index (χ3n) is 8.17. The van der Waals surface area contributed by atoms with E-state index in [1.807, 2.05) is 100 Å². The van der Waals surface area contributed by atoms with Crippen molar-refractivity contribution in [1.29, 1.82) is 0 Å². The zero-order valence-electron chi connectivity index (χ0n) is 25.4. The van der Waals surface area contributed by atoms with Crippen LogP contribution in [0.15, 0.2) is 102 Å². The van der Waals surface area contributed by atoms with E-state index in [-0.39, 0.29) is 48.0 Å². The number of rotatable bonds is 8. The fourth-order valence-electron chi connectivity index (χ4n) is 5.96. The molecule has 4 aromatic rings. The Labute approximate surface area is 258 Å². The molecule has 8 nitrogen and oxygen atoms in total. The number of sulfonamides is 1. The maximum Gasteiger partial charge on any atom is 0.410 e. The van der Waals surface area contributed by atoms with Gasteiger partial charge in [0.1, 0.15) is 5.60 Å². The highest BCUT2D eigenvalue weighted by molar-refractivity contribution is 7.89. The molecule has 0 bridgehead atoms. The Bertz CT molecular complexity index is 1740. The number of carbonyl (C=O) groups is 2. The zero-order chi connectivity index (χ0) is 31.6. The first-order valence-corrected chi connectivity index (χ1v) is 16.1. The average molecular weight is 615 g/mol. The molecule has 0 aliphatic carbocycles. The van der Waals surface area contributed by atoms with E-state index in [2.05, 4.69) is 0 Å². The molecule has 0 unspecified atom stereocenters. The van der Waals surface area contributed by atoms with Crippen molar-refractivity contribution >= 4 is 32.9 Å². The molecule has 9 heteroatoms. The van der Waals surface area contributed by atoms with Gasteiger partial charge < -0.3 is 14.7 Å². The number of fused-ring (bicyclic) bond motifs is 1. The highest BCUT2D eigenvalue weighted by Gasteiger charge is 2.42. The summed E-state index contributed by atoms with van der Waals surface area (Å²) in [5, 5.41) is 11.4. The molecular formula is C35H38N2O6S. The fraction of sp³-hybridized carbons (Fsp3) is 0.314. The standard InChI is InChI=1S/C35H38N2O6S/c1-24(30-16-10-14-25-13-8-9-15-31(25)30)37(34(40)43-35(2,3)4)22-28-21-36(23-32(28)26-11-6-5-7-12-26)44(41,42)29-19-17-27(18-20-29)33(38)39/h5-20,24,28,32H,21-23H2,1-4H3,(H,38,39)/t24-,28+,32-/m1/s1. The minimum atomic E-state index is -3.94. The molecule has 0 aromatic heterocycles. The third-order valence-corrected chi connectivity index (χ3v) is 10.0. The second-order valence-electron chi connectivity index (χ2n) is 12.3. The number of nitrogens with zero attached hydrogens (tertiary/aromatic N) is 2. The van der Waals surface area contributed by atoms with Crippen LogP contribution in [0.25, 0.3) is 10.8 Å². The van der Waals surface area contributed by atoms with Crippen molar-refractivity contribution in [3.63, 3.8) is 0 Å². The van der Waals surface area contributed by atoms with Crippen LogP contribution in [0, 0.1) is 5.92 Å². The monoisotopic (exact) mass is 614 g/mol. The van der Waals surface area contributed by atoms with Crippen molar-refractivity contribution in [1.82, 2.24) is 9.21 Å². The minimum absolute atomic E-state index is 0.0147. The lowest BCUT2D eigenvalue weighted by Gasteiger charge is -2.35. The Morgan fingerprint density at radius 2 is 1.55 bits per heavy atom. The van der Waals surface area contributed by atoms with Gasteiger partial charge in [-0.2, -0.15) is 4.31 Å². The molecule has 1 saturated heterocycles. The molecule has 0 radical (unpaired) electrons. The Balaban J connectivity index is 1.52. The van der Waals surface area contributed by atoms with Crippen molar-refractivity contribution in [2.75, 3.05) is 19.6 Å². The smallest absolute Gasteiger partial charge is 0.410 e. The zero-order valence-corrected chi connectivity index (χ0v) is 26.2. The Morgan fingerprint density at radius 1 is 0.909 bits per heavy atom. The topological polar surface area (TPSA) is 104 Å². The predicted molar refractivity (Wildman–Crippen MR) is 170 cm³/mol. The molecule has 1 amide bonds. The second kappa shape index (κ2) is 12.4. The molecule has 1 N–H and O–H groups in total. The van der Waals surface area contributed by atoms with Crippen LogP contribution >= 0.6 is 0 Å². The van der Waals surface area contributed by atoms with Crippen LogP contribution in [0.3, 0.4) is 0 Å².